The van der Waals surface area contributed by atoms with E-state index in [0.717, 1.165) is 23.3 Å². The first-order valence-corrected chi connectivity index (χ1v) is 8.40. The molecule has 2 aromatic rings. The smallest absolute Gasteiger partial charge is 0.493 e. The molecule has 1 amide bonds. The number of nitrogens with one attached hydrogen (secondary N) is 1. The van der Waals surface area contributed by atoms with E-state index in [9.17, 15) is 18.0 Å². The molecule has 0 aliphatic carbocycles. The van der Waals surface area contributed by atoms with Crippen molar-refractivity contribution in [2.24, 2.45) is 0 Å². The van der Waals surface area contributed by atoms with E-state index in [1.54, 1.807) is 13.0 Å². The van der Waals surface area contributed by atoms with E-state index >= 15 is 0 Å². The molecular formula is C20H18F3NO3. The van der Waals surface area contributed by atoms with Gasteiger partial charge in [0, 0.05) is 12.5 Å². The summed E-state index contributed by atoms with van der Waals surface area (Å²) < 4.78 is 45.8. The van der Waals surface area contributed by atoms with Gasteiger partial charge in [0.1, 0.15) is 11.5 Å². The Labute approximate surface area is 154 Å². The van der Waals surface area contributed by atoms with Gasteiger partial charge in [0.15, 0.2) is 0 Å². The standard InChI is InChI=1S/C20H18F3NO3/c1-13(15-4-6-17(7-5-15)27-20(21,22)23)24-19(25)9-3-14-2-8-18-16(12-14)10-11-26-18/h2-9,12-13H,10-11H2,1H3,(H,24,25)/b9-3+. The highest BCUT2D eigenvalue weighted by Crippen LogP contribution is 2.26. The molecule has 2 aromatic carbocycles. The number of amides is 1. The summed E-state index contributed by atoms with van der Waals surface area (Å²) in [5, 5.41) is 2.77. The lowest BCUT2D eigenvalue weighted by atomic mass is 10.1. The van der Waals surface area contributed by atoms with Crippen molar-refractivity contribution >= 4 is 12.0 Å². The second-order valence-corrected chi connectivity index (χ2v) is 6.15. The van der Waals surface area contributed by atoms with Crippen molar-refractivity contribution in [3.05, 3.63) is 65.2 Å². The lowest BCUT2D eigenvalue weighted by Gasteiger charge is -2.14. The Morgan fingerprint density at radius 3 is 2.67 bits per heavy atom. The average Bonchev–Trinajstić information content (AvgIpc) is 3.07. The van der Waals surface area contributed by atoms with Crippen LogP contribution in [0, 0.1) is 0 Å². The minimum absolute atomic E-state index is 0.296. The normalized spacial score (nSPS) is 14.5. The molecule has 1 atom stereocenters. The lowest BCUT2D eigenvalue weighted by molar-refractivity contribution is -0.274. The molecule has 0 bridgehead atoms. The molecular weight excluding hydrogens is 359 g/mol. The number of hydrogen-bond donors (Lipinski definition) is 1. The van der Waals surface area contributed by atoms with E-state index in [1.165, 1.54) is 30.3 Å². The molecule has 1 aliphatic heterocycles. The summed E-state index contributed by atoms with van der Waals surface area (Å²) >= 11 is 0. The quantitative estimate of drug-likeness (QED) is 0.785. The topological polar surface area (TPSA) is 47.6 Å². The van der Waals surface area contributed by atoms with Crippen LogP contribution in [0.25, 0.3) is 6.08 Å². The Balaban J connectivity index is 1.57. The van der Waals surface area contributed by atoms with Crippen molar-refractivity contribution in [2.75, 3.05) is 6.61 Å². The van der Waals surface area contributed by atoms with Crippen LogP contribution < -0.4 is 14.8 Å². The van der Waals surface area contributed by atoms with E-state index < -0.39 is 6.36 Å². The summed E-state index contributed by atoms with van der Waals surface area (Å²) in [6.45, 7) is 2.42. The van der Waals surface area contributed by atoms with Gasteiger partial charge < -0.3 is 14.8 Å². The van der Waals surface area contributed by atoms with Gasteiger partial charge in [-0.2, -0.15) is 0 Å². The first kappa shape index (κ1) is 18.8. The van der Waals surface area contributed by atoms with Gasteiger partial charge in [-0.3, -0.25) is 4.79 Å². The molecule has 4 nitrogen and oxygen atoms in total. The maximum Gasteiger partial charge on any atom is 0.573 e. The van der Waals surface area contributed by atoms with Crippen molar-refractivity contribution in [1.29, 1.82) is 0 Å². The van der Waals surface area contributed by atoms with E-state index in [-0.39, 0.29) is 17.7 Å². The van der Waals surface area contributed by atoms with Crippen molar-refractivity contribution < 1.29 is 27.4 Å². The van der Waals surface area contributed by atoms with E-state index in [0.29, 0.717) is 12.2 Å². The van der Waals surface area contributed by atoms with Crippen LogP contribution in [0.5, 0.6) is 11.5 Å². The van der Waals surface area contributed by atoms with Crippen LogP contribution in [0.2, 0.25) is 0 Å². The number of ether oxygens (including phenoxy) is 2. The Hall–Kier alpha value is -2.96. The summed E-state index contributed by atoms with van der Waals surface area (Å²) in [7, 11) is 0. The number of carbonyl (C=O) groups excluding carboxylic acids is 1. The molecule has 142 valence electrons. The predicted octanol–water partition coefficient (Wildman–Crippen LogP) is 4.41. The highest BCUT2D eigenvalue weighted by atomic mass is 19.4. The largest absolute Gasteiger partial charge is 0.573 e. The fourth-order valence-electron chi connectivity index (χ4n) is 2.79. The highest BCUT2D eigenvalue weighted by Gasteiger charge is 2.31. The monoisotopic (exact) mass is 377 g/mol. The molecule has 0 saturated carbocycles. The zero-order valence-electron chi connectivity index (χ0n) is 14.5. The Bertz CT molecular complexity index is 845. The van der Waals surface area contributed by atoms with Gasteiger partial charge in [0.25, 0.3) is 0 Å². The SMILES string of the molecule is CC(NC(=O)/C=C/c1ccc2c(c1)CCO2)c1ccc(OC(F)(F)F)cc1. The van der Waals surface area contributed by atoms with Crippen molar-refractivity contribution in [1.82, 2.24) is 5.32 Å². The molecule has 0 radical (unpaired) electrons. The maximum absolute atomic E-state index is 12.2. The van der Waals surface area contributed by atoms with Crippen LogP contribution in [0.1, 0.15) is 29.7 Å². The van der Waals surface area contributed by atoms with Gasteiger partial charge in [-0.1, -0.05) is 18.2 Å². The van der Waals surface area contributed by atoms with Crippen LogP contribution in [-0.4, -0.2) is 18.9 Å². The second kappa shape index (κ2) is 7.73. The molecule has 0 saturated heterocycles. The van der Waals surface area contributed by atoms with Crippen LogP contribution in [0.15, 0.2) is 48.5 Å². The van der Waals surface area contributed by atoms with Crippen molar-refractivity contribution in [3.8, 4) is 11.5 Å². The average molecular weight is 377 g/mol. The number of fused-ring (bicyclic) bond motifs is 1. The molecule has 1 N–H and O–H groups in total. The summed E-state index contributed by atoms with van der Waals surface area (Å²) in [4.78, 5) is 12.1. The third-order valence-corrected chi connectivity index (χ3v) is 4.11. The Kier molecular flexibility index (Phi) is 5.39. The van der Waals surface area contributed by atoms with Crippen molar-refractivity contribution in [3.63, 3.8) is 0 Å². The summed E-state index contributed by atoms with van der Waals surface area (Å²) in [5.74, 6) is 0.281. The number of benzene rings is 2. The van der Waals surface area contributed by atoms with E-state index in [2.05, 4.69) is 10.1 Å². The molecule has 0 spiro atoms. The van der Waals surface area contributed by atoms with Gasteiger partial charge in [0.05, 0.1) is 12.6 Å². The second-order valence-electron chi connectivity index (χ2n) is 6.15. The van der Waals surface area contributed by atoms with Crippen LogP contribution >= 0.6 is 0 Å². The van der Waals surface area contributed by atoms with Crippen LogP contribution in [0.4, 0.5) is 13.2 Å². The predicted molar refractivity (Wildman–Crippen MR) is 94.4 cm³/mol. The summed E-state index contributed by atoms with van der Waals surface area (Å²) in [6, 6.07) is 10.8. The third-order valence-electron chi connectivity index (χ3n) is 4.11. The lowest BCUT2D eigenvalue weighted by Crippen LogP contribution is -2.24. The molecule has 1 aliphatic rings. The van der Waals surface area contributed by atoms with Crippen LogP contribution in [0.3, 0.4) is 0 Å². The number of alkyl halides is 3. The number of carbonyl (C=O) groups is 1. The first-order valence-electron chi connectivity index (χ1n) is 8.40. The maximum atomic E-state index is 12.2. The molecule has 1 heterocycles. The van der Waals surface area contributed by atoms with E-state index in [1.807, 2.05) is 18.2 Å². The Morgan fingerprint density at radius 1 is 1.22 bits per heavy atom. The van der Waals surface area contributed by atoms with Gasteiger partial charge in [-0.05, 0) is 54.0 Å². The molecule has 0 aromatic heterocycles. The Morgan fingerprint density at radius 2 is 1.96 bits per heavy atom. The van der Waals surface area contributed by atoms with E-state index in [4.69, 9.17) is 4.74 Å². The minimum Gasteiger partial charge on any atom is -0.493 e. The van der Waals surface area contributed by atoms with Gasteiger partial charge in [0.2, 0.25) is 5.91 Å². The number of hydrogen-bond acceptors (Lipinski definition) is 3. The highest BCUT2D eigenvalue weighted by molar-refractivity contribution is 5.92. The van der Waals surface area contributed by atoms with Gasteiger partial charge >= 0.3 is 6.36 Å². The van der Waals surface area contributed by atoms with Crippen LogP contribution in [-0.2, 0) is 11.2 Å². The number of halogens is 3. The fourth-order valence-corrected chi connectivity index (χ4v) is 2.79. The zero-order chi connectivity index (χ0) is 19.4. The molecule has 7 heteroatoms. The zero-order valence-corrected chi connectivity index (χ0v) is 14.5. The third kappa shape index (κ3) is 5.26. The summed E-state index contributed by atoms with van der Waals surface area (Å²) in [6.07, 6.45) is -0.736. The molecule has 0 fully saturated rings. The van der Waals surface area contributed by atoms with Gasteiger partial charge in [-0.25, -0.2) is 0 Å². The summed E-state index contributed by atoms with van der Waals surface area (Å²) in [5.41, 5.74) is 2.68. The molecule has 27 heavy (non-hydrogen) atoms. The first-order chi connectivity index (χ1) is 12.8. The minimum atomic E-state index is -4.73. The number of rotatable bonds is 5. The molecule has 3 rings (SSSR count). The van der Waals surface area contributed by atoms with Crippen molar-refractivity contribution in [2.45, 2.75) is 25.7 Å². The molecule has 1 unspecified atom stereocenters. The van der Waals surface area contributed by atoms with Gasteiger partial charge in [-0.15, -0.1) is 13.2 Å². The fraction of sp³-hybridized carbons (Fsp3) is 0.250.